The Balaban J connectivity index is 3.15. The van der Waals surface area contributed by atoms with Gasteiger partial charge in [-0.1, -0.05) is 0 Å². The highest BCUT2D eigenvalue weighted by atomic mass is 19.1. The van der Waals surface area contributed by atoms with Crippen molar-refractivity contribution in [1.29, 1.82) is 0 Å². The van der Waals surface area contributed by atoms with E-state index in [1.54, 1.807) is 0 Å². The number of carbonyl (C=O) groups is 1. The van der Waals surface area contributed by atoms with E-state index in [4.69, 9.17) is 0 Å². The lowest BCUT2D eigenvalue weighted by molar-refractivity contribution is -0.385. The van der Waals surface area contributed by atoms with Gasteiger partial charge in [0.15, 0.2) is 0 Å². The van der Waals surface area contributed by atoms with Crippen LogP contribution >= 0.6 is 0 Å². The maximum Gasteiger partial charge on any atom is 0.311 e. The fourth-order valence-corrected chi connectivity index (χ4v) is 0.875. The molecule has 0 amide bonds. The van der Waals surface area contributed by atoms with E-state index in [2.05, 4.69) is 4.74 Å². The van der Waals surface area contributed by atoms with Crippen LogP contribution in [0.25, 0.3) is 0 Å². The largest absolute Gasteiger partial charge is 0.419 e. The molecule has 0 N–H and O–H groups in total. The van der Waals surface area contributed by atoms with Gasteiger partial charge in [0.25, 0.3) is 0 Å². The molecule has 1 aromatic carbocycles. The van der Waals surface area contributed by atoms with Crippen LogP contribution < -0.4 is 4.74 Å². The van der Waals surface area contributed by atoms with Gasteiger partial charge in [0.05, 0.1) is 4.92 Å². The first kappa shape index (κ1) is 10.1. The van der Waals surface area contributed by atoms with Gasteiger partial charge in [-0.3, -0.25) is 14.9 Å². The molecule has 0 fully saturated rings. The molecule has 14 heavy (non-hydrogen) atoms. The zero-order valence-corrected chi connectivity index (χ0v) is 7.19. The lowest BCUT2D eigenvalue weighted by atomic mass is 10.3. The van der Waals surface area contributed by atoms with E-state index in [0.717, 1.165) is 25.1 Å². The summed E-state index contributed by atoms with van der Waals surface area (Å²) in [6, 6.07) is 2.65. The normalized spacial score (nSPS) is 9.57. The van der Waals surface area contributed by atoms with Crippen molar-refractivity contribution in [3.05, 3.63) is 34.1 Å². The fourth-order valence-electron chi connectivity index (χ4n) is 0.875. The number of esters is 1. The van der Waals surface area contributed by atoms with E-state index >= 15 is 0 Å². The molecule has 0 aliphatic heterocycles. The topological polar surface area (TPSA) is 69.4 Å². The highest BCUT2D eigenvalue weighted by Gasteiger charge is 2.17. The molecule has 0 atom stereocenters. The third kappa shape index (κ3) is 2.25. The van der Waals surface area contributed by atoms with Crippen molar-refractivity contribution < 1.29 is 18.8 Å². The molecule has 0 aromatic heterocycles. The van der Waals surface area contributed by atoms with Crippen LogP contribution in [0.4, 0.5) is 10.1 Å². The standard InChI is InChI=1S/C8H6FNO4/c1-5(11)14-8-4-6(9)2-3-7(8)10(12)13/h2-4H,1H3. The summed E-state index contributed by atoms with van der Waals surface area (Å²) in [5.41, 5.74) is -0.443. The second-order valence-electron chi connectivity index (χ2n) is 2.46. The van der Waals surface area contributed by atoms with Gasteiger partial charge in [-0.25, -0.2) is 4.39 Å². The zero-order valence-electron chi connectivity index (χ0n) is 7.19. The van der Waals surface area contributed by atoms with Crippen LogP contribution in [0.3, 0.4) is 0 Å². The molecule has 1 aromatic rings. The van der Waals surface area contributed by atoms with Gasteiger partial charge in [0.1, 0.15) is 5.82 Å². The maximum absolute atomic E-state index is 12.6. The summed E-state index contributed by atoms with van der Waals surface area (Å²) in [5.74, 6) is -1.83. The molecular formula is C8H6FNO4. The molecule has 0 saturated heterocycles. The van der Waals surface area contributed by atoms with E-state index in [1.807, 2.05) is 0 Å². The minimum Gasteiger partial charge on any atom is -0.419 e. The number of nitrogens with zero attached hydrogens (tertiary/aromatic N) is 1. The first-order valence-electron chi connectivity index (χ1n) is 3.63. The Morgan fingerprint density at radius 1 is 1.57 bits per heavy atom. The average molecular weight is 199 g/mol. The molecule has 0 aliphatic rings. The van der Waals surface area contributed by atoms with Crippen LogP contribution in [0.15, 0.2) is 18.2 Å². The molecule has 0 saturated carbocycles. The van der Waals surface area contributed by atoms with Crippen LogP contribution in [0, 0.1) is 15.9 Å². The monoisotopic (exact) mass is 199 g/mol. The fraction of sp³-hybridized carbons (Fsp3) is 0.125. The van der Waals surface area contributed by atoms with Crippen molar-refractivity contribution in [1.82, 2.24) is 0 Å². The van der Waals surface area contributed by atoms with Gasteiger partial charge in [-0.05, 0) is 6.07 Å². The number of hydrogen-bond donors (Lipinski definition) is 0. The number of carbonyl (C=O) groups excluding carboxylic acids is 1. The Kier molecular flexibility index (Phi) is 2.76. The molecule has 6 heteroatoms. The predicted octanol–water partition coefficient (Wildman–Crippen LogP) is 1.66. The molecule has 1 rings (SSSR count). The number of halogens is 1. The Bertz CT molecular complexity index is 391. The number of nitro groups is 1. The number of nitro benzene ring substituents is 1. The molecule has 0 bridgehead atoms. The maximum atomic E-state index is 12.6. The van der Waals surface area contributed by atoms with Gasteiger partial charge in [0, 0.05) is 19.1 Å². The van der Waals surface area contributed by atoms with Gasteiger partial charge >= 0.3 is 11.7 Å². The highest BCUT2D eigenvalue weighted by molar-refractivity contribution is 5.71. The molecule has 0 spiro atoms. The second kappa shape index (κ2) is 3.82. The van der Waals surface area contributed by atoms with Crippen LogP contribution in [0.1, 0.15) is 6.92 Å². The first-order chi connectivity index (χ1) is 6.50. The van der Waals surface area contributed by atoms with Gasteiger partial charge < -0.3 is 4.74 Å². The van der Waals surface area contributed by atoms with E-state index in [0.29, 0.717) is 0 Å². The van der Waals surface area contributed by atoms with Crippen LogP contribution in [0.2, 0.25) is 0 Å². The molecular weight excluding hydrogens is 193 g/mol. The molecule has 5 nitrogen and oxygen atoms in total. The van der Waals surface area contributed by atoms with Crippen molar-refractivity contribution in [3.8, 4) is 5.75 Å². The molecule has 0 radical (unpaired) electrons. The minimum absolute atomic E-state index is 0.387. The van der Waals surface area contributed by atoms with Gasteiger partial charge in [-0.2, -0.15) is 0 Å². The summed E-state index contributed by atoms with van der Waals surface area (Å²) in [6.45, 7) is 1.08. The van der Waals surface area contributed by atoms with Crippen molar-refractivity contribution in [2.45, 2.75) is 6.92 Å². The number of benzene rings is 1. The van der Waals surface area contributed by atoms with Gasteiger partial charge in [-0.15, -0.1) is 0 Å². The summed E-state index contributed by atoms with van der Waals surface area (Å²) in [4.78, 5) is 20.2. The molecule has 0 unspecified atom stereocenters. The smallest absolute Gasteiger partial charge is 0.311 e. The Labute approximate surface area is 78.3 Å². The summed E-state index contributed by atoms with van der Waals surface area (Å²) in [7, 11) is 0. The zero-order chi connectivity index (χ0) is 10.7. The quantitative estimate of drug-likeness (QED) is 0.314. The highest BCUT2D eigenvalue weighted by Crippen LogP contribution is 2.27. The molecule has 0 aliphatic carbocycles. The first-order valence-corrected chi connectivity index (χ1v) is 3.63. The van der Waals surface area contributed by atoms with E-state index < -0.39 is 22.4 Å². The SMILES string of the molecule is CC(=O)Oc1cc(F)ccc1[N+](=O)[O-]. The lowest BCUT2D eigenvalue weighted by Crippen LogP contribution is -2.04. The molecule has 74 valence electrons. The van der Waals surface area contributed by atoms with E-state index in [-0.39, 0.29) is 5.75 Å². The Morgan fingerprint density at radius 3 is 2.71 bits per heavy atom. The number of hydrogen-bond acceptors (Lipinski definition) is 4. The summed E-state index contributed by atoms with van der Waals surface area (Å²) in [5, 5.41) is 10.4. The van der Waals surface area contributed by atoms with Crippen LogP contribution in [0.5, 0.6) is 5.75 Å². The van der Waals surface area contributed by atoms with Crippen molar-refractivity contribution in [2.24, 2.45) is 0 Å². The predicted molar refractivity (Wildman–Crippen MR) is 44.4 cm³/mol. The Hall–Kier alpha value is -1.98. The number of rotatable bonds is 2. The van der Waals surface area contributed by atoms with E-state index in [1.165, 1.54) is 0 Å². The second-order valence-corrected chi connectivity index (χ2v) is 2.46. The third-order valence-corrected chi connectivity index (χ3v) is 1.37. The van der Waals surface area contributed by atoms with E-state index in [9.17, 15) is 19.3 Å². The van der Waals surface area contributed by atoms with Crippen LogP contribution in [-0.2, 0) is 4.79 Å². The average Bonchev–Trinajstić information content (AvgIpc) is 2.01. The molecule has 0 heterocycles. The lowest BCUT2D eigenvalue weighted by Gasteiger charge is -2.01. The van der Waals surface area contributed by atoms with Crippen LogP contribution in [-0.4, -0.2) is 10.9 Å². The Morgan fingerprint density at radius 2 is 2.21 bits per heavy atom. The number of ether oxygens (including phenoxy) is 1. The summed E-state index contributed by atoms with van der Waals surface area (Å²) in [6.07, 6.45) is 0. The third-order valence-electron chi connectivity index (χ3n) is 1.37. The van der Waals surface area contributed by atoms with Crippen molar-refractivity contribution >= 4 is 11.7 Å². The van der Waals surface area contributed by atoms with Gasteiger partial charge in [0.2, 0.25) is 5.75 Å². The minimum atomic E-state index is -0.752. The van der Waals surface area contributed by atoms with Crippen molar-refractivity contribution in [3.63, 3.8) is 0 Å². The summed E-state index contributed by atoms with van der Waals surface area (Å²) < 4.78 is 17.1. The van der Waals surface area contributed by atoms with Crippen molar-refractivity contribution in [2.75, 3.05) is 0 Å². The summed E-state index contributed by atoms with van der Waals surface area (Å²) >= 11 is 0.